The van der Waals surface area contributed by atoms with Gasteiger partial charge in [0.2, 0.25) is 5.28 Å². The Bertz CT molecular complexity index is 669. The third kappa shape index (κ3) is 2.91. The smallest absolute Gasteiger partial charge is 0.222 e. The summed E-state index contributed by atoms with van der Waals surface area (Å²) in [6.45, 7) is 4.13. The minimum absolute atomic E-state index is 0.340. The van der Waals surface area contributed by atoms with Crippen LogP contribution in [0.15, 0.2) is 29.8 Å². The molecule has 2 aromatic rings. The summed E-state index contributed by atoms with van der Waals surface area (Å²) >= 11 is 5.89. The van der Waals surface area contributed by atoms with Gasteiger partial charge in [-0.25, -0.2) is 9.97 Å². The number of nitrogens with zero attached hydrogens (tertiary/aromatic N) is 2. The summed E-state index contributed by atoms with van der Waals surface area (Å²) in [5, 5.41) is 0.340. The number of benzene rings is 1. The quantitative estimate of drug-likeness (QED) is 0.790. The lowest BCUT2D eigenvalue weighted by Crippen LogP contribution is -1.98. The van der Waals surface area contributed by atoms with Crippen molar-refractivity contribution in [1.82, 2.24) is 9.97 Å². The summed E-state index contributed by atoms with van der Waals surface area (Å²) < 4.78 is 0. The highest BCUT2D eigenvalue weighted by Crippen LogP contribution is 2.25. The van der Waals surface area contributed by atoms with E-state index in [1.54, 1.807) is 0 Å². The normalized spacial score (nSPS) is 13.2. The fourth-order valence-electron chi connectivity index (χ4n) is 2.71. The molecule has 0 atom stereocenters. The third-order valence-electron chi connectivity index (χ3n) is 3.63. The lowest BCUT2D eigenvalue weighted by molar-refractivity contribution is 0.891. The molecule has 102 valence electrons. The fourth-order valence-corrected chi connectivity index (χ4v) is 2.95. The zero-order chi connectivity index (χ0) is 14.1. The van der Waals surface area contributed by atoms with Crippen LogP contribution in [0.3, 0.4) is 0 Å². The van der Waals surface area contributed by atoms with Crippen LogP contribution in [-0.4, -0.2) is 9.97 Å². The molecule has 1 aliphatic carbocycles. The molecule has 2 nitrogen and oxygen atoms in total. The van der Waals surface area contributed by atoms with E-state index in [1.165, 1.54) is 22.3 Å². The maximum absolute atomic E-state index is 5.89. The van der Waals surface area contributed by atoms with E-state index in [-0.39, 0.29) is 0 Å². The van der Waals surface area contributed by atoms with Crippen LogP contribution in [0.25, 0.3) is 6.08 Å². The van der Waals surface area contributed by atoms with Crippen molar-refractivity contribution in [3.63, 3.8) is 0 Å². The number of aryl methyl sites for hydroxylation is 3. The first-order valence-corrected chi connectivity index (χ1v) is 7.27. The van der Waals surface area contributed by atoms with Crippen molar-refractivity contribution in [3.05, 3.63) is 63.2 Å². The minimum atomic E-state index is 0.340. The zero-order valence-corrected chi connectivity index (χ0v) is 12.5. The van der Waals surface area contributed by atoms with Crippen molar-refractivity contribution >= 4 is 17.7 Å². The molecule has 1 heterocycles. The van der Waals surface area contributed by atoms with Gasteiger partial charge in [0.15, 0.2) is 0 Å². The lowest BCUT2D eigenvalue weighted by atomic mass is 10.0. The van der Waals surface area contributed by atoms with Gasteiger partial charge in [0.25, 0.3) is 0 Å². The molecule has 20 heavy (non-hydrogen) atoms. The standard InChI is InChI=1S/C17H17ClN2/c1-11-7-14-5-3-13(10-15(14)8-11)4-6-16-9-12(2)19-17(18)20-16/h3,5,8-10H,4,6-7H2,1-2H3. The second-order valence-electron chi connectivity index (χ2n) is 5.47. The van der Waals surface area contributed by atoms with Crippen LogP contribution in [0.2, 0.25) is 5.28 Å². The van der Waals surface area contributed by atoms with Crippen LogP contribution >= 0.6 is 11.6 Å². The molecule has 1 aliphatic rings. The molecule has 0 spiro atoms. The predicted molar refractivity (Wildman–Crippen MR) is 83.0 cm³/mol. The van der Waals surface area contributed by atoms with Gasteiger partial charge >= 0.3 is 0 Å². The number of halogens is 1. The summed E-state index contributed by atoms with van der Waals surface area (Å²) in [5.74, 6) is 0. The van der Waals surface area contributed by atoms with E-state index in [0.29, 0.717) is 5.28 Å². The molecule has 0 saturated carbocycles. The van der Waals surface area contributed by atoms with Crippen molar-refractivity contribution in [2.45, 2.75) is 33.1 Å². The molecule has 0 N–H and O–H groups in total. The highest BCUT2D eigenvalue weighted by atomic mass is 35.5. The van der Waals surface area contributed by atoms with Gasteiger partial charge in [-0.2, -0.15) is 0 Å². The van der Waals surface area contributed by atoms with E-state index in [1.807, 2.05) is 13.0 Å². The highest BCUT2D eigenvalue weighted by Gasteiger charge is 2.10. The summed E-state index contributed by atoms with van der Waals surface area (Å²) in [6, 6.07) is 8.77. The average Bonchev–Trinajstić information content (AvgIpc) is 2.74. The molecule has 1 aromatic heterocycles. The Morgan fingerprint density at radius 1 is 1.10 bits per heavy atom. The van der Waals surface area contributed by atoms with Gasteiger partial charge in [-0.3, -0.25) is 0 Å². The van der Waals surface area contributed by atoms with Gasteiger partial charge in [0, 0.05) is 11.4 Å². The third-order valence-corrected chi connectivity index (χ3v) is 3.80. The molecule has 0 fully saturated rings. The van der Waals surface area contributed by atoms with E-state index in [4.69, 9.17) is 11.6 Å². The van der Waals surface area contributed by atoms with Crippen molar-refractivity contribution in [2.75, 3.05) is 0 Å². The molecule has 0 unspecified atom stereocenters. The Hall–Kier alpha value is -1.67. The van der Waals surface area contributed by atoms with Gasteiger partial charge in [0.05, 0.1) is 0 Å². The number of fused-ring (bicyclic) bond motifs is 1. The van der Waals surface area contributed by atoms with Crippen LogP contribution in [0, 0.1) is 6.92 Å². The largest absolute Gasteiger partial charge is 0.223 e. The first kappa shape index (κ1) is 13.3. The van der Waals surface area contributed by atoms with Crippen LogP contribution < -0.4 is 0 Å². The molecule has 0 radical (unpaired) electrons. The Kier molecular flexibility index (Phi) is 3.58. The number of allylic oxidation sites excluding steroid dienone is 1. The summed E-state index contributed by atoms with van der Waals surface area (Å²) in [6.07, 6.45) is 5.25. The fraction of sp³-hybridized carbons (Fsp3) is 0.294. The van der Waals surface area contributed by atoms with Crippen molar-refractivity contribution < 1.29 is 0 Å². The second kappa shape index (κ2) is 5.37. The van der Waals surface area contributed by atoms with E-state index in [2.05, 4.69) is 41.2 Å². The Balaban J connectivity index is 1.74. The highest BCUT2D eigenvalue weighted by molar-refractivity contribution is 6.28. The molecular weight excluding hydrogens is 268 g/mol. The van der Waals surface area contributed by atoms with Crippen LogP contribution in [0.5, 0.6) is 0 Å². The Labute approximate surface area is 124 Å². The number of aromatic nitrogens is 2. The molecule has 3 rings (SSSR count). The molecule has 1 aromatic carbocycles. The lowest BCUT2D eigenvalue weighted by Gasteiger charge is -2.05. The molecule has 0 saturated heterocycles. The summed E-state index contributed by atoms with van der Waals surface area (Å²) in [4.78, 5) is 8.37. The molecular formula is C17H17ClN2. The summed E-state index contributed by atoms with van der Waals surface area (Å²) in [7, 11) is 0. The van der Waals surface area contributed by atoms with Crippen molar-refractivity contribution in [1.29, 1.82) is 0 Å². The number of rotatable bonds is 3. The van der Waals surface area contributed by atoms with Crippen molar-refractivity contribution in [2.24, 2.45) is 0 Å². The van der Waals surface area contributed by atoms with Crippen LogP contribution in [0.4, 0.5) is 0 Å². The van der Waals surface area contributed by atoms with Gasteiger partial charge < -0.3 is 0 Å². The van der Waals surface area contributed by atoms with Gasteiger partial charge in [0.1, 0.15) is 0 Å². The summed E-state index contributed by atoms with van der Waals surface area (Å²) in [5.41, 5.74) is 7.53. The SMILES string of the molecule is CC1=Cc2cc(CCc3cc(C)nc(Cl)n3)ccc2C1. The second-order valence-corrected chi connectivity index (χ2v) is 5.81. The van der Waals surface area contributed by atoms with Crippen LogP contribution in [-0.2, 0) is 19.3 Å². The zero-order valence-electron chi connectivity index (χ0n) is 11.8. The molecule has 0 amide bonds. The maximum atomic E-state index is 5.89. The minimum Gasteiger partial charge on any atom is -0.223 e. The van der Waals surface area contributed by atoms with E-state index in [9.17, 15) is 0 Å². The molecule has 3 heteroatoms. The van der Waals surface area contributed by atoms with Crippen LogP contribution in [0.1, 0.15) is 35.0 Å². The first-order chi connectivity index (χ1) is 9.60. The van der Waals surface area contributed by atoms with E-state index in [0.717, 1.165) is 30.7 Å². The van der Waals surface area contributed by atoms with Gasteiger partial charge in [-0.05, 0) is 67.5 Å². The first-order valence-electron chi connectivity index (χ1n) is 6.89. The van der Waals surface area contributed by atoms with E-state index >= 15 is 0 Å². The topological polar surface area (TPSA) is 25.8 Å². The number of hydrogen-bond donors (Lipinski definition) is 0. The predicted octanol–water partition coefficient (Wildman–Crippen LogP) is 4.18. The van der Waals surface area contributed by atoms with Gasteiger partial charge in [-0.1, -0.05) is 29.8 Å². The van der Waals surface area contributed by atoms with Gasteiger partial charge in [-0.15, -0.1) is 0 Å². The maximum Gasteiger partial charge on any atom is 0.222 e. The molecule has 0 aliphatic heterocycles. The number of hydrogen-bond acceptors (Lipinski definition) is 2. The van der Waals surface area contributed by atoms with E-state index < -0.39 is 0 Å². The molecule has 0 bridgehead atoms. The van der Waals surface area contributed by atoms with Crippen molar-refractivity contribution in [3.8, 4) is 0 Å². The Morgan fingerprint density at radius 2 is 1.95 bits per heavy atom. The Morgan fingerprint density at radius 3 is 2.75 bits per heavy atom. The average molecular weight is 285 g/mol. The monoisotopic (exact) mass is 284 g/mol.